The normalized spacial score (nSPS) is 4.67. The average molecular weight is 513 g/mol. The fourth-order valence-corrected chi connectivity index (χ4v) is 0. The van der Waals surface area contributed by atoms with Crippen LogP contribution in [0.25, 0.3) is 0 Å². The Morgan fingerprint density at radius 3 is 0.583 bits per heavy atom. The van der Waals surface area contributed by atoms with Crippen LogP contribution in [0.5, 0.6) is 0 Å². The van der Waals surface area contributed by atoms with Crippen molar-refractivity contribution in [1.82, 2.24) is 0 Å². The summed E-state index contributed by atoms with van der Waals surface area (Å²) in [5.41, 5.74) is 0. The molecular formula is H7Cl6KO4Os. The van der Waals surface area contributed by atoms with E-state index in [-0.39, 0.29) is 127 Å². The monoisotopic (exact) mass is 512 g/mol. The Bertz CT molecular complexity index is 176. The number of hydrogen-bond acceptors (Lipinski definition) is 4. The first-order valence-electron chi connectivity index (χ1n) is 0.577. The molecule has 0 radical (unpaired) electrons. The van der Waals surface area contributed by atoms with E-state index in [9.17, 15) is 0 Å². The van der Waals surface area contributed by atoms with Gasteiger partial charge in [0.15, 0.2) is 0 Å². The van der Waals surface area contributed by atoms with Gasteiger partial charge in [-0.3, -0.25) is 0 Å². The van der Waals surface area contributed by atoms with Crippen LogP contribution in [0.2, 0.25) is 0 Å². The molecule has 0 amide bonds. The van der Waals surface area contributed by atoms with Crippen molar-refractivity contribution < 1.29 is 81.8 Å². The molecule has 12 heteroatoms. The topological polar surface area (TPSA) is 68.3 Å². The fraction of sp³-hybridized carbons (Fsp3) is 0. The minimum atomic E-state index is -6.06. The molecule has 0 aromatic heterocycles. The zero-order valence-corrected chi connectivity index (χ0v) is 16.0. The van der Waals surface area contributed by atoms with E-state index < -0.39 is 14.8 Å². The zero-order chi connectivity index (χ0) is 4.50. The van der Waals surface area contributed by atoms with Crippen LogP contribution in [0.4, 0.5) is 0 Å². The first kappa shape index (κ1) is 59.1. The molecule has 0 N–H and O–H groups in total. The number of hydrogen-bond donors (Lipinski definition) is 0. The Balaban J connectivity index is -0.00000000286. The van der Waals surface area contributed by atoms with Crippen LogP contribution < -0.4 is 51.4 Å². The molecule has 0 heterocycles. The van der Waals surface area contributed by atoms with Gasteiger partial charge in [-0.2, -0.15) is 0 Å². The molecule has 0 rings (SSSR count). The van der Waals surface area contributed by atoms with E-state index in [2.05, 4.69) is 0 Å². The maximum absolute atomic E-state index is 8.63. The Morgan fingerprint density at radius 2 is 0.583 bits per heavy atom. The third kappa shape index (κ3) is 191. The van der Waals surface area contributed by atoms with Crippen molar-refractivity contribution in [2.75, 3.05) is 0 Å². The Kier molecular flexibility index (Phi) is 144. The molecule has 0 fully saturated rings. The van der Waals surface area contributed by atoms with E-state index in [4.69, 9.17) is 14.2 Å². The summed E-state index contributed by atoms with van der Waals surface area (Å²) in [5.74, 6) is 0. The third-order valence-corrected chi connectivity index (χ3v) is 0. The van der Waals surface area contributed by atoms with Gasteiger partial charge < -0.3 is 1.43 Å². The van der Waals surface area contributed by atoms with Crippen LogP contribution in [0.3, 0.4) is 0 Å². The first-order chi connectivity index (χ1) is 2.00. The summed E-state index contributed by atoms with van der Waals surface area (Å²) in [5, 5.41) is 0. The van der Waals surface area contributed by atoms with Gasteiger partial charge in [-0.1, -0.05) is 0 Å². The molecule has 0 aliphatic heterocycles. The molecule has 0 bridgehead atoms. The van der Waals surface area contributed by atoms with Gasteiger partial charge in [0.05, 0.1) is 0 Å². The summed E-state index contributed by atoms with van der Waals surface area (Å²) in [7, 11) is 0. The molecule has 82 valence electrons. The Labute approximate surface area is 153 Å². The van der Waals surface area contributed by atoms with E-state index in [0.717, 1.165) is 0 Å². The molecule has 0 aromatic carbocycles. The molecule has 0 unspecified atom stereocenters. The number of rotatable bonds is 0. The summed E-state index contributed by atoms with van der Waals surface area (Å²) >= 11 is -6.06. The molecule has 0 saturated carbocycles. The van der Waals surface area contributed by atoms with Crippen LogP contribution in [0.1, 0.15) is 1.43 Å². The van der Waals surface area contributed by atoms with Crippen molar-refractivity contribution >= 4 is 74.4 Å². The van der Waals surface area contributed by atoms with E-state index in [0.29, 0.717) is 0 Å². The van der Waals surface area contributed by atoms with Crippen molar-refractivity contribution in [2.24, 2.45) is 0 Å². The van der Waals surface area contributed by atoms with Gasteiger partial charge >= 0.3 is 80.4 Å². The van der Waals surface area contributed by atoms with Crippen molar-refractivity contribution in [2.45, 2.75) is 0 Å². The first-order valence-corrected chi connectivity index (χ1v) is 4.73. The summed E-state index contributed by atoms with van der Waals surface area (Å²) in [6.45, 7) is 0. The van der Waals surface area contributed by atoms with Crippen LogP contribution in [0, 0.1) is 0 Å². The molecule has 0 saturated heterocycles. The molecule has 12 heavy (non-hydrogen) atoms. The second kappa shape index (κ2) is 29.2. The molecule has 0 aromatic rings. The zero-order valence-electron chi connectivity index (χ0n) is 6.44. The molecule has 0 atom stereocenters. The second-order valence-corrected chi connectivity index (χ2v) is 2.89. The van der Waals surface area contributed by atoms with E-state index in [1.54, 1.807) is 0 Å². The van der Waals surface area contributed by atoms with Crippen molar-refractivity contribution in [3.05, 3.63) is 0 Å². The Hall–Kier alpha value is 3.21. The average Bonchev–Trinajstić information content (AvgIpc) is 0.722. The van der Waals surface area contributed by atoms with Gasteiger partial charge in [-0.05, 0) is 0 Å². The van der Waals surface area contributed by atoms with Crippen molar-refractivity contribution in [1.29, 1.82) is 0 Å². The van der Waals surface area contributed by atoms with Crippen LogP contribution >= 0.6 is 74.4 Å². The second-order valence-electron chi connectivity index (χ2n) is 0.354. The summed E-state index contributed by atoms with van der Waals surface area (Å²) in [6, 6.07) is 0. The SMILES string of the molecule is Cl.Cl.Cl.Cl.Cl.Cl.[H-].[K+].[O]=[Os](=[O])(=[O])=[O]. The van der Waals surface area contributed by atoms with Gasteiger partial charge in [0.25, 0.3) is 0 Å². The van der Waals surface area contributed by atoms with Crippen LogP contribution in [0.15, 0.2) is 0 Å². The van der Waals surface area contributed by atoms with Gasteiger partial charge in [-0.25, -0.2) is 0 Å². The summed E-state index contributed by atoms with van der Waals surface area (Å²) < 4.78 is 34.5. The van der Waals surface area contributed by atoms with Gasteiger partial charge in [0.2, 0.25) is 0 Å². The van der Waals surface area contributed by atoms with Crippen LogP contribution in [-0.2, 0) is 29.0 Å². The Morgan fingerprint density at radius 1 is 0.583 bits per heavy atom. The molecular weight excluding hydrogens is 506 g/mol. The molecule has 0 aliphatic rings. The molecule has 0 spiro atoms. The molecule has 4 nitrogen and oxygen atoms in total. The summed E-state index contributed by atoms with van der Waals surface area (Å²) in [4.78, 5) is 0. The van der Waals surface area contributed by atoms with Crippen LogP contribution in [-0.4, -0.2) is 0 Å². The third-order valence-electron chi connectivity index (χ3n) is 0. The van der Waals surface area contributed by atoms with Gasteiger partial charge in [0, 0.05) is 0 Å². The predicted octanol–water partition coefficient (Wildman–Crippen LogP) is -0.830. The van der Waals surface area contributed by atoms with E-state index in [1.165, 1.54) is 0 Å². The summed E-state index contributed by atoms with van der Waals surface area (Å²) in [6.07, 6.45) is 0. The minimum absolute atomic E-state index is 0. The maximum atomic E-state index is 8.63. The van der Waals surface area contributed by atoms with Crippen molar-refractivity contribution in [3.8, 4) is 0 Å². The van der Waals surface area contributed by atoms with E-state index in [1.807, 2.05) is 0 Å². The standard InChI is InChI=1S/6ClH.K.4O.Os.H/h6*1H;;;;;;;/q;;;;;;+1;;;;;;-1. The van der Waals surface area contributed by atoms with Gasteiger partial charge in [0.1, 0.15) is 0 Å². The quantitative estimate of drug-likeness (QED) is 0.397. The fourth-order valence-electron chi connectivity index (χ4n) is 0. The van der Waals surface area contributed by atoms with E-state index >= 15 is 0 Å². The van der Waals surface area contributed by atoms with Crippen molar-refractivity contribution in [3.63, 3.8) is 0 Å². The van der Waals surface area contributed by atoms with Gasteiger partial charge in [-0.15, -0.1) is 74.4 Å². The molecule has 0 aliphatic carbocycles. The predicted molar refractivity (Wildman–Crippen MR) is 47.3 cm³/mol. The number of halogens is 6.